The van der Waals surface area contributed by atoms with Gasteiger partial charge < -0.3 is 45.2 Å². The number of alkyl halides is 2. The molecule has 0 radical (unpaired) electrons. The lowest BCUT2D eigenvalue weighted by molar-refractivity contribution is -0.189. The molecule has 1 fully saturated rings. The van der Waals surface area contributed by atoms with Crippen molar-refractivity contribution in [1.29, 1.82) is 0 Å². The molecule has 21 heteroatoms. The van der Waals surface area contributed by atoms with Gasteiger partial charge in [0.25, 0.3) is 0 Å². The lowest BCUT2D eigenvalue weighted by Crippen LogP contribution is -2.52. The van der Waals surface area contributed by atoms with Gasteiger partial charge in [0, 0.05) is 6.20 Å². The summed E-state index contributed by atoms with van der Waals surface area (Å²) in [5, 5.41) is 19.9. The molecule has 182 valence electrons. The average molecular weight is 529 g/mol. The number of phosphoric acid groups is 3. The number of aliphatic hydroxyl groups is 2. The molecule has 0 bridgehead atoms. The fraction of sp³-hybridized carbons (Fsp3) is 0.545. The van der Waals surface area contributed by atoms with Gasteiger partial charge in [0.15, 0.2) is 11.7 Å². The number of aliphatic hydroxyl groups excluding tert-OH is 2. The SMILES string of the molecule is C#C[C@]1(COP(=O)(O)OP(=O)(O)OP(=O)(O)O)O[C@@H](N2C=CC(N)=NC2O)C(F)(F)[C@@H]1O. The summed E-state index contributed by atoms with van der Waals surface area (Å²) >= 11 is 0. The molecule has 0 aliphatic carbocycles. The van der Waals surface area contributed by atoms with Crippen molar-refractivity contribution >= 4 is 29.3 Å². The third-order valence-corrected chi connectivity index (χ3v) is 7.56. The van der Waals surface area contributed by atoms with Crippen molar-refractivity contribution in [1.82, 2.24) is 4.90 Å². The molecule has 3 unspecified atom stereocenters. The number of rotatable bonds is 8. The van der Waals surface area contributed by atoms with Gasteiger partial charge in [-0.05, 0) is 6.08 Å². The van der Waals surface area contributed by atoms with Crippen LogP contribution in [0.5, 0.6) is 0 Å². The number of halogens is 2. The van der Waals surface area contributed by atoms with Crippen LogP contribution in [0.2, 0.25) is 0 Å². The molecule has 16 nitrogen and oxygen atoms in total. The first-order chi connectivity index (χ1) is 14.3. The third-order valence-electron chi connectivity index (χ3n) is 3.78. The maximum Gasteiger partial charge on any atom is 0.490 e. The Kier molecular flexibility index (Phi) is 7.43. The number of aliphatic imine (C=N–C) groups is 1. The number of amidine groups is 1. The minimum absolute atomic E-state index is 0.230. The fourth-order valence-corrected chi connectivity index (χ4v) is 5.53. The molecule has 2 aliphatic heterocycles. The number of nitrogens with zero attached hydrogens (tertiary/aromatic N) is 2. The fourth-order valence-electron chi connectivity index (χ4n) is 2.48. The van der Waals surface area contributed by atoms with E-state index in [4.69, 9.17) is 31.6 Å². The van der Waals surface area contributed by atoms with Crippen molar-refractivity contribution in [2.75, 3.05) is 6.61 Å². The van der Waals surface area contributed by atoms with Gasteiger partial charge in [-0.15, -0.1) is 6.42 Å². The maximum absolute atomic E-state index is 14.7. The minimum Gasteiger partial charge on any atom is -0.384 e. The largest absolute Gasteiger partial charge is 0.490 e. The van der Waals surface area contributed by atoms with Crippen LogP contribution in [0.25, 0.3) is 0 Å². The van der Waals surface area contributed by atoms with E-state index < -0.39 is 60.3 Å². The smallest absolute Gasteiger partial charge is 0.384 e. The Balaban J connectivity index is 2.22. The first-order valence-corrected chi connectivity index (χ1v) is 12.3. The van der Waals surface area contributed by atoms with Gasteiger partial charge in [0.1, 0.15) is 12.4 Å². The van der Waals surface area contributed by atoms with Crippen LogP contribution < -0.4 is 5.73 Å². The van der Waals surface area contributed by atoms with Gasteiger partial charge in [-0.3, -0.25) is 4.52 Å². The summed E-state index contributed by atoms with van der Waals surface area (Å²) in [6.07, 6.45) is -0.449. The molecule has 2 heterocycles. The van der Waals surface area contributed by atoms with Crippen LogP contribution in [0.3, 0.4) is 0 Å². The molecule has 6 atom stereocenters. The summed E-state index contributed by atoms with van der Waals surface area (Å²) in [4.78, 5) is 39.3. The number of ether oxygens (including phenoxy) is 1. The summed E-state index contributed by atoms with van der Waals surface area (Å²) < 4.78 is 79.2. The van der Waals surface area contributed by atoms with Crippen LogP contribution in [-0.2, 0) is 31.6 Å². The molecular weight excluding hydrogens is 513 g/mol. The lowest BCUT2D eigenvalue weighted by atomic mass is 9.96. The van der Waals surface area contributed by atoms with Crippen molar-refractivity contribution in [2.24, 2.45) is 10.7 Å². The molecular formula is C11H16F2N3O13P3. The second-order valence-electron chi connectivity index (χ2n) is 6.11. The zero-order valence-corrected chi connectivity index (χ0v) is 18.0. The zero-order chi connectivity index (χ0) is 24.8. The standard InChI is InChI=1S/C11H16F2N3O13P3/c1-2-10(5-26-31(22,23)29-32(24,25)28-30(19,20)21)7(17)11(12,13)8(27-10)16-4-3-6(14)15-9(16)18/h1,3-4,7-9,17-18H,5H2,(H2,14,15)(H,22,23)(H,24,25)(H2,19,20,21)/t7-,8-,9?,10-/m1/s1. The molecule has 32 heavy (non-hydrogen) atoms. The average Bonchev–Trinajstić information content (AvgIpc) is 2.78. The van der Waals surface area contributed by atoms with Gasteiger partial charge in [0.05, 0.1) is 0 Å². The van der Waals surface area contributed by atoms with E-state index in [1.165, 1.54) is 0 Å². The van der Waals surface area contributed by atoms with Crippen molar-refractivity contribution in [2.45, 2.75) is 30.2 Å². The van der Waals surface area contributed by atoms with Gasteiger partial charge in [-0.1, -0.05) is 5.92 Å². The Bertz CT molecular complexity index is 995. The molecule has 0 aromatic heterocycles. The summed E-state index contributed by atoms with van der Waals surface area (Å²) in [6, 6.07) is 0. The molecule has 0 saturated carbocycles. The highest BCUT2D eigenvalue weighted by molar-refractivity contribution is 7.66. The highest BCUT2D eigenvalue weighted by Gasteiger charge is 2.68. The van der Waals surface area contributed by atoms with Crippen LogP contribution >= 0.6 is 23.5 Å². The zero-order valence-electron chi connectivity index (χ0n) is 15.3. The van der Waals surface area contributed by atoms with E-state index in [9.17, 15) is 37.6 Å². The molecule has 1 saturated heterocycles. The molecule has 0 spiro atoms. The summed E-state index contributed by atoms with van der Waals surface area (Å²) in [6.45, 7) is -1.57. The van der Waals surface area contributed by atoms with E-state index in [1.54, 1.807) is 5.92 Å². The van der Waals surface area contributed by atoms with Crippen LogP contribution in [-0.4, -0.2) is 77.3 Å². The van der Waals surface area contributed by atoms with Crippen LogP contribution in [0.15, 0.2) is 17.3 Å². The molecule has 2 rings (SSSR count). The van der Waals surface area contributed by atoms with Crippen molar-refractivity contribution in [3.8, 4) is 12.3 Å². The number of hydrogen-bond donors (Lipinski definition) is 7. The highest BCUT2D eigenvalue weighted by atomic mass is 31.3. The van der Waals surface area contributed by atoms with Gasteiger partial charge >= 0.3 is 29.4 Å². The maximum atomic E-state index is 14.7. The topological polar surface area (TPSA) is 251 Å². The van der Waals surface area contributed by atoms with Gasteiger partial charge in [-0.25, -0.2) is 18.7 Å². The van der Waals surface area contributed by atoms with Crippen LogP contribution in [0.1, 0.15) is 0 Å². The normalized spacial score (nSPS) is 33.8. The molecule has 0 amide bonds. The predicted molar refractivity (Wildman–Crippen MR) is 95.8 cm³/mol. The molecule has 0 aromatic carbocycles. The Hall–Kier alpha value is -1.28. The van der Waals surface area contributed by atoms with E-state index in [0.29, 0.717) is 4.90 Å². The number of phosphoric ester groups is 1. The van der Waals surface area contributed by atoms with Crippen LogP contribution in [0, 0.1) is 12.3 Å². The monoisotopic (exact) mass is 529 g/mol. The molecule has 2 aliphatic rings. The Morgan fingerprint density at radius 3 is 2.31 bits per heavy atom. The first-order valence-electron chi connectivity index (χ1n) is 7.81. The van der Waals surface area contributed by atoms with Gasteiger partial charge in [0.2, 0.25) is 12.6 Å². The quantitative estimate of drug-likeness (QED) is 0.140. The summed E-state index contributed by atoms with van der Waals surface area (Å²) in [5.41, 5.74) is 2.43. The number of nitrogens with two attached hydrogens (primary N) is 1. The van der Waals surface area contributed by atoms with E-state index in [1.807, 2.05) is 0 Å². The van der Waals surface area contributed by atoms with E-state index in [0.717, 1.165) is 12.3 Å². The van der Waals surface area contributed by atoms with Crippen molar-refractivity contribution in [3.63, 3.8) is 0 Å². The van der Waals surface area contributed by atoms with Crippen molar-refractivity contribution < 1.29 is 70.1 Å². The second-order valence-corrected chi connectivity index (χ2v) is 10.5. The number of hydrogen-bond acceptors (Lipinski definition) is 12. The lowest BCUT2D eigenvalue weighted by Gasteiger charge is -2.34. The third kappa shape index (κ3) is 5.99. The Labute approximate surface area is 177 Å². The van der Waals surface area contributed by atoms with E-state index >= 15 is 0 Å². The van der Waals surface area contributed by atoms with Gasteiger partial charge in [-0.2, -0.15) is 17.4 Å². The van der Waals surface area contributed by atoms with E-state index in [2.05, 4.69) is 18.1 Å². The molecule has 0 aromatic rings. The highest BCUT2D eigenvalue weighted by Crippen LogP contribution is 2.66. The Morgan fingerprint density at radius 2 is 1.81 bits per heavy atom. The predicted octanol–water partition coefficient (Wildman–Crippen LogP) is -1.48. The second kappa shape index (κ2) is 8.82. The minimum atomic E-state index is -5.90. The van der Waals surface area contributed by atoms with E-state index in [-0.39, 0.29) is 5.84 Å². The Morgan fingerprint density at radius 1 is 1.22 bits per heavy atom. The van der Waals surface area contributed by atoms with Crippen molar-refractivity contribution in [3.05, 3.63) is 12.3 Å². The van der Waals surface area contributed by atoms with Crippen LogP contribution in [0.4, 0.5) is 8.78 Å². The first kappa shape index (κ1) is 27.0. The summed E-state index contributed by atoms with van der Waals surface area (Å²) in [7, 11) is -17.3. The molecule has 8 N–H and O–H groups in total. The number of terminal acetylenes is 1. The summed E-state index contributed by atoms with van der Waals surface area (Å²) in [5.74, 6) is -2.88.